The summed E-state index contributed by atoms with van der Waals surface area (Å²) in [6, 6.07) is 3.69. The Morgan fingerprint density at radius 1 is 1.45 bits per heavy atom. The molecule has 0 bridgehead atoms. The molecule has 1 unspecified atom stereocenters. The van der Waals surface area contributed by atoms with Gasteiger partial charge >= 0.3 is 5.69 Å². The molecule has 0 aromatic carbocycles. The third-order valence-corrected chi connectivity index (χ3v) is 5.33. The maximum absolute atomic E-state index is 12.8. The zero-order valence-corrected chi connectivity index (χ0v) is 12.9. The Kier molecular flexibility index (Phi) is 3.12. The predicted octanol–water partition coefficient (Wildman–Crippen LogP) is 1.49. The monoisotopic (exact) mass is 317 g/mol. The van der Waals surface area contributed by atoms with Crippen molar-refractivity contribution in [2.24, 2.45) is 7.05 Å². The molecule has 114 valence electrons. The Morgan fingerprint density at radius 3 is 3.09 bits per heavy atom. The molecule has 0 saturated carbocycles. The van der Waals surface area contributed by atoms with E-state index in [9.17, 15) is 9.59 Å². The maximum atomic E-state index is 12.8. The number of hydrogen-bond donors (Lipinski definition) is 0. The van der Waals surface area contributed by atoms with Crippen molar-refractivity contribution in [1.29, 1.82) is 0 Å². The molecule has 0 aliphatic carbocycles. The molecule has 0 N–H and O–H groups in total. The number of aromatic nitrogens is 3. The molecule has 4 rings (SSSR count). The lowest BCUT2D eigenvalue weighted by molar-refractivity contribution is 0.0949. The van der Waals surface area contributed by atoms with Gasteiger partial charge in [-0.05, 0) is 25.0 Å². The molecule has 0 radical (unpaired) electrons. The van der Waals surface area contributed by atoms with Crippen molar-refractivity contribution in [2.75, 3.05) is 6.61 Å². The van der Waals surface area contributed by atoms with E-state index in [1.54, 1.807) is 13.2 Å². The first-order valence-corrected chi connectivity index (χ1v) is 8.07. The number of ether oxygens (including phenoxy) is 1. The Labute approximate surface area is 129 Å². The molecule has 0 amide bonds. The summed E-state index contributed by atoms with van der Waals surface area (Å²) in [5, 5.41) is 1.39. The highest BCUT2D eigenvalue weighted by atomic mass is 32.1. The molecule has 1 atom stereocenters. The van der Waals surface area contributed by atoms with Crippen LogP contribution in [0.25, 0.3) is 20.4 Å². The zero-order valence-electron chi connectivity index (χ0n) is 12.1. The van der Waals surface area contributed by atoms with Crippen molar-refractivity contribution >= 4 is 31.8 Å². The van der Waals surface area contributed by atoms with Crippen LogP contribution in [0.2, 0.25) is 0 Å². The van der Waals surface area contributed by atoms with Crippen LogP contribution in [0.15, 0.2) is 27.9 Å². The van der Waals surface area contributed by atoms with Crippen LogP contribution >= 0.6 is 11.3 Å². The van der Waals surface area contributed by atoms with E-state index >= 15 is 0 Å². The molecule has 1 aliphatic rings. The van der Waals surface area contributed by atoms with Crippen molar-refractivity contribution in [2.45, 2.75) is 25.5 Å². The predicted molar refractivity (Wildman–Crippen MR) is 85.6 cm³/mol. The highest BCUT2D eigenvalue weighted by Gasteiger charge is 2.21. The maximum Gasteiger partial charge on any atom is 0.331 e. The third-order valence-electron chi connectivity index (χ3n) is 4.14. The molecule has 1 fully saturated rings. The van der Waals surface area contributed by atoms with Crippen LogP contribution < -0.4 is 11.2 Å². The van der Waals surface area contributed by atoms with Crippen molar-refractivity contribution < 1.29 is 4.74 Å². The number of aryl methyl sites for hydroxylation is 1. The summed E-state index contributed by atoms with van der Waals surface area (Å²) >= 11 is 1.38. The van der Waals surface area contributed by atoms with E-state index < -0.39 is 0 Å². The van der Waals surface area contributed by atoms with E-state index in [-0.39, 0.29) is 17.4 Å². The molecular formula is C15H15N3O3S. The van der Waals surface area contributed by atoms with Crippen LogP contribution in [0.3, 0.4) is 0 Å². The van der Waals surface area contributed by atoms with Crippen molar-refractivity contribution in [3.8, 4) is 0 Å². The fourth-order valence-electron chi connectivity index (χ4n) is 3.01. The van der Waals surface area contributed by atoms with Crippen LogP contribution in [0.4, 0.5) is 0 Å². The summed E-state index contributed by atoms with van der Waals surface area (Å²) in [4.78, 5) is 31.1. The summed E-state index contributed by atoms with van der Waals surface area (Å²) in [5.41, 5.74) is -0.535. The molecular weight excluding hydrogens is 302 g/mol. The van der Waals surface area contributed by atoms with Crippen molar-refractivity contribution in [3.05, 3.63) is 39.2 Å². The number of thiophene rings is 1. The summed E-state index contributed by atoms with van der Waals surface area (Å²) < 4.78 is 8.41. The minimum absolute atomic E-state index is 0.0501. The van der Waals surface area contributed by atoms with Gasteiger partial charge in [-0.25, -0.2) is 9.78 Å². The van der Waals surface area contributed by atoms with E-state index in [0.717, 1.165) is 23.1 Å². The number of rotatable bonds is 2. The van der Waals surface area contributed by atoms with Gasteiger partial charge in [0.25, 0.3) is 5.56 Å². The molecule has 6 nitrogen and oxygen atoms in total. The number of nitrogens with zero attached hydrogens (tertiary/aromatic N) is 3. The van der Waals surface area contributed by atoms with Gasteiger partial charge in [0.15, 0.2) is 0 Å². The molecule has 22 heavy (non-hydrogen) atoms. The topological polar surface area (TPSA) is 66.1 Å². The lowest BCUT2D eigenvalue weighted by atomic mass is 10.2. The number of fused-ring (bicyclic) bond motifs is 3. The van der Waals surface area contributed by atoms with Crippen molar-refractivity contribution in [3.63, 3.8) is 0 Å². The zero-order chi connectivity index (χ0) is 15.3. The molecule has 1 aliphatic heterocycles. The highest BCUT2D eigenvalue weighted by Crippen LogP contribution is 2.28. The third kappa shape index (κ3) is 1.93. The van der Waals surface area contributed by atoms with Gasteiger partial charge in [-0.15, -0.1) is 0 Å². The summed E-state index contributed by atoms with van der Waals surface area (Å²) in [6.45, 7) is 1.02. The standard InChI is InChI=1S/C15H15N3O3S/c1-17-14-11(10-5-2-6-16-12(10)22-14)13(19)18(15(17)20)8-9-4-3-7-21-9/h2,5-6,9H,3-4,7-8H2,1H3. The van der Waals surface area contributed by atoms with Crippen molar-refractivity contribution in [1.82, 2.24) is 14.1 Å². The van der Waals surface area contributed by atoms with Gasteiger partial charge in [0.1, 0.15) is 9.66 Å². The van der Waals surface area contributed by atoms with E-state index in [0.29, 0.717) is 23.4 Å². The fourth-order valence-corrected chi connectivity index (χ4v) is 4.10. The van der Waals surface area contributed by atoms with Gasteiger partial charge in [-0.1, -0.05) is 11.3 Å². The van der Waals surface area contributed by atoms with Gasteiger partial charge in [0, 0.05) is 25.2 Å². The second-order valence-electron chi connectivity index (χ2n) is 5.53. The Morgan fingerprint density at radius 2 is 2.32 bits per heavy atom. The molecule has 3 aromatic rings. The normalized spacial score (nSPS) is 18.5. The Balaban J connectivity index is 2.02. The SMILES string of the molecule is Cn1c(=O)n(CC2CCCO2)c(=O)c2c3cccnc3sc21. The van der Waals surface area contributed by atoms with Gasteiger partial charge < -0.3 is 4.74 Å². The molecule has 3 aromatic heterocycles. The second-order valence-corrected chi connectivity index (χ2v) is 6.51. The van der Waals surface area contributed by atoms with E-state index in [1.807, 2.05) is 12.1 Å². The minimum Gasteiger partial charge on any atom is -0.376 e. The summed E-state index contributed by atoms with van der Waals surface area (Å²) in [5.74, 6) is 0. The molecule has 1 saturated heterocycles. The smallest absolute Gasteiger partial charge is 0.331 e. The molecule has 0 spiro atoms. The van der Waals surface area contributed by atoms with Crippen LogP contribution in [0, 0.1) is 0 Å². The second kappa shape index (κ2) is 5.03. The van der Waals surface area contributed by atoms with Gasteiger partial charge in [-0.3, -0.25) is 13.9 Å². The largest absolute Gasteiger partial charge is 0.376 e. The van der Waals surface area contributed by atoms with Gasteiger partial charge in [0.05, 0.1) is 18.0 Å². The highest BCUT2D eigenvalue weighted by molar-refractivity contribution is 7.25. The molecule has 4 heterocycles. The first-order chi connectivity index (χ1) is 10.7. The fraction of sp³-hybridized carbons (Fsp3) is 0.400. The Hall–Kier alpha value is -1.99. The minimum atomic E-state index is -0.292. The lowest BCUT2D eigenvalue weighted by Crippen LogP contribution is -2.41. The van der Waals surface area contributed by atoms with Gasteiger partial charge in [0.2, 0.25) is 0 Å². The lowest BCUT2D eigenvalue weighted by Gasteiger charge is -2.12. The van der Waals surface area contributed by atoms with Crippen LogP contribution in [-0.2, 0) is 18.3 Å². The summed E-state index contributed by atoms with van der Waals surface area (Å²) in [7, 11) is 1.70. The van der Waals surface area contributed by atoms with Crippen LogP contribution in [0.1, 0.15) is 12.8 Å². The Bertz CT molecular complexity index is 979. The van der Waals surface area contributed by atoms with Crippen LogP contribution in [0.5, 0.6) is 0 Å². The van der Waals surface area contributed by atoms with E-state index in [1.165, 1.54) is 20.5 Å². The quantitative estimate of drug-likeness (QED) is 0.718. The van der Waals surface area contributed by atoms with E-state index in [2.05, 4.69) is 4.98 Å². The van der Waals surface area contributed by atoms with Crippen LogP contribution in [-0.4, -0.2) is 26.8 Å². The summed E-state index contributed by atoms with van der Waals surface area (Å²) in [6.07, 6.45) is 3.51. The molecule has 7 heteroatoms. The average molecular weight is 317 g/mol. The van der Waals surface area contributed by atoms with Gasteiger partial charge in [-0.2, -0.15) is 0 Å². The number of pyridine rings is 1. The first-order valence-electron chi connectivity index (χ1n) is 7.25. The first kappa shape index (κ1) is 13.7. The van der Waals surface area contributed by atoms with E-state index in [4.69, 9.17) is 4.74 Å². The number of hydrogen-bond acceptors (Lipinski definition) is 5. The average Bonchev–Trinajstić information content (AvgIpc) is 3.16.